The van der Waals surface area contributed by atoms with Gasteiger partial charge in [-0.25, -0.2) is 4.98 Å². The maximum atomic E-state index is 6.06. The van der Waals surface area contributed by atoms with Crippen LogP contribution in [0.5, 0.6) is 0 Å². The minimum Gasteiger partial charge on any atom is -0.464 e. The number of furan rings is 1. The maximum Gasteiger partial charge on any atom is 0.139 e. The summed E-state index contributed by atoms with van der Waals surface area (Å²) < 4.78 is 14.2. The molecule has 0 spiro atoms. The van der Waals surface area contributed by atoms with E-state index < -0.39 is 0 Å². The van der Waals surface area contributed by atoms with Gasteiger partial charge in [-0.2, -0.15) is 0 Å². The van der Waals surface area contributed by atoms with Gasteiger partial charge in [-0.05, 0) is 44.2 Å². The summed E-state index contributed by atoms with van der Waals surface area (Å²) in [6.45, 7) is 6.90. The first-order valence-electron chi connectivity index (χ1n) is 9.21. The highest BCUT2D eigenvalue weighted by molar-refractivity contribution is 5.17. The first kappa shape index (κ1) is 15.9. The van der Waals surface area contributed by atoms with Crippen molar-refractivity contribution in [3.63, 3.8) is 0 Å². The number of aryl methyl sites for hydroxylation is 1. The van der Waals surface area contributed by atoms with Crippen molar-refractivity contribution in [2.75, 3.05) is 6.61 Å². The minimum atomic E-state index is 0.0200. The molecule has 4 rings (SSSR count). The highest BCUT2D eigenvalue weighted by Gasteiger charge is 2.36. The van der Waals surface area contributed by atoms with E-state index in [1.165, 1.54) is 6.42 Å². The lowest BCUT2D eigenvalue weighted by Gasteiger charge is -2.32. The van der Waals surface area contributed by atoms with E-state index >= 15 is 0 Å². The molecule has 0 unspecified atom stereocenters. The molecule has 5 heteroatoms. The fourth-order valence-electron chi connectivity index (χ4n) is 3.73. The Balaban J connectivity index is 1.41. The number of nitrogens with one attached hydrogen (secondary N) is 1. The van der Waals surface area contributed by atoms with Gasteiger partial charge in [0.1, 0.15) is 23.4 Å². The van der Waals surface area contributed by atoms with Gasteiger partial charge in [0, 0.05) is 37.5 Å². The lowest BCUT2D eigenvalue weighted by atomic mass is 10.0. The molecule has 2 aromatic heterocycles. The highest BCUT2D eigenvalue weighted by atomic mass is 16.5. The van der Waals surface area contributed by atoms with Crippen LogP contribution in [0, 0.1) is 5.92 Å². The van der Waals surface area contributed by atoms with E-state index in [-0.39, 0.29) is 12.1 Å². The van der Waals surface area contributed by atoms with E-state index in [2.05, 4.69) is 40.8 Å². The molecule has 1 N–H and O–H groups in total. The van der Waals surface area contributed by atoms with Gasteiger partial charge in [0.05, 0.1) is 6.54 Å². The third kappa shape index (κ3) is 3.15. The number of hydrogen-bond acceptors (Lipinski definition) is 4. The molecular weight excluding hydrogens is 302 g/mol. The predicted octanol–water partition coefficient (Wildman–Crippen LogP) is 3.63. The van der Waals surface area contributed by atoms with Crippen LogP contribution in [0.2, 0.25) is 0 Å². The molecule has 3 heterocycles. The molecule has 2 aromatic rings. The molecule has 1 saturated carbocycles. The predicted molar refractivity (Wildman–Crippen MR) is 91.7 cm³/mol. The minimum absolute atomic E-state index is 0.0200. The molecule has 1 saturated heterocycles. The van der Waals surface area contributed by atoms with E-state index in [4.69, 9.17) is 9.15 Å². The van der Waals surface area contributed by atoms with Crippen LogP contribution in [-0.4, -0.2) is 22.2 Å². The second kappa shape index (κ2) is 6.73. The van der Waals surface area contributed by atoms with Gasteiger partial charge >= 0.3 is 0 Å². The van der Waals surface area contributed by atoms with Crippen LogP contribution >= 0.6 is 0 Å². The molecule has 2 aliphatic rings. The third-order valence-electron chi connectivity index (χ3n) is 5.36. The van der Waals surface area contributed by atoms with Crippen molar-refractivity contribution in [3.8, 4) is 0 Å². The summed E-state index contributed by atoms with van der Waals surface area (Å²) in [4.78, 5) is 4.53. The molecule has 24 heavy (non-hydrogen) atoms. The Morgan fingerprint density at radius 1 is 1.38 bits per heavy atom. The van der Waals surface area contributed by atoms with Gasteiger partial charge in [-0.1, -0.05) is 6.92 Å². The normalized spacial score (nSPS) is 29.8. The smallest absolute Gasteiger partial charge is 0.139 e. The summed E-state index contributed by atoms with van der Waals surface area (Å²) in [5.41, 5.74) is 0. The summed E-state index contributed by atoms with van der Waals surface area (Å²) >= 11 is 0. The quantitative estimate of drug-likeness (QED) is 0.879. The molecule has 0 aromatic carbocycles. The van der Waals surface area contributed by atoms with Crippen LogP contribution in [0.1, 0.15) is 62.5 Å². The van der Waals surface area contributed by atoms with Gasteiger partial charge < -0.3 is 19.0 Å². The molecule has 1 aliphatic carbocycles. The Hall–Kier alpha value is -1.59. The lowest BCUT2D eigenvalue weighted by Crippen LogP contribution is -2.40. The molecule has 5 nitrogen and oxygen atoms in total. The van der Waals surface area contributed by atoms with Crippen molar-refractivity contribution >= 4 is 0 Å². The average molecular weight is 329 g/mol. The van der Waals surface area contributed by atoms with Crippen molar-refractivity contribution < 1.29 is 9.15 Å². The van der Waals surface area contributed by atoms with Crippen LogP contribution in [0.15, 0.2) is 28.9 Å². The van der Waals surface area contributed by atoms with Crippen molar-refractivity contribution in [1.29, 1.82) is 0 Å². The van der Waals surface area contributed by atoms with Crippen molar-refractivity contribution in [1.82, 2.24) is 14.9 Å². The summed E-state index contributed by atoms with van der Waals surface area (Å²) in [6.07, 6.45) is 7.37. The number of hydrogen-bond donors (Lipinski definition) is 1. The molecule has 4 atom stereocenters. The van der Waals surface area contributed by atoms with Crippen LogP contribution in [0.3, 0.4) is 0 Å². The number of nitrogens with zero attached hydrogens (tertiary/aromatic N) is 2. The van der Waals surface area contributed by atoms with Crippen LogP contribution < -0.4 is 5.32 Å². The number of ether oxygens (including phenoxy) is 1. The zero-order valence-corrected chi connectivity index (χ0v) is 14.6. The maximum absolute atomic E-state index is 6.06. The standard InChI is InChI=1S/C19H27N3O2/c1-3-22-9-8-20-19(22)18-16(5-4-10-23-18)21-12-14-6-7-17(24-14)15-11-13(15)2/h6-9,13,15-16,18,21H,3-5,10-12H2,1-2H3/t13-,15+,16-,18-/m0/s1. The fourth-order valence-corrected chi connectivity index (χ4v) is 3.73. The summed E-state index contributed by atoms with van der Waals surface area (Å²) in [7, 11) is 0. The number of aromatic nitrogens is 2. The zero-order chi connectivity index (χ0) is 16.5. The highest BCUT2D eigenvalue weighted by Crippen LogP contribution is 2.47. The van der Waals surface area contributed by atoms with E-state index in [9.17, 15) is 0 Å². The van der Waals surface area contributed by atoms with Gasteiger partial charge in [-0.15, -0.1) is 0 Å². The van der Waals surface area contributed by atoms with Crippen LogP contribution in [-0.2, 0) is 17.8 Å². The third-order valence-corrected chi connectivity index (χ3v) is 5.36. The van der Waals surface area contributed by atoms with E-state index in [1.54, 1.807) is 0 Å². The SMILES string of the molecule is CCn1ccnc1[C@H]1OCCC[C@@H]1NCc1ccc([C@@H]2C[C@@H]2C)o1. The number of imidazole rings is 1. The van der Waals surface area contributed by atoms with E-state index in [1.807, 2.05) is 12.4 Å². The van der Waals surface area contributed by atoms with Gasteiger partial charge in [0.2, 0.25) is 0 Å². The molecule has 1 aliphatic heterocycles. The molecule has 0 bridgehead atoms. The van der Waals surface area contributed by atoms with Crippen LogP contribution in [0.25, 0.3) is 0 Å². The van der Waals surface area contributed by atoms with Crippen molar-refractivity contribution in [2.45, 2.75) is 64.3 Å². The molecular formula is C19H27N3O2. The van der Waals surface area contributed by atoms with Crippen molar-refractivity contribution in [3.05, 3.63) is 41.9 Å². The average Bonchev–Trinajstić information content (AvgIpc) is 3.04. The summed E-state index contributed by atoms with van der Waals surface area (Å²) in [5.74, 6) is 4.62. The van der Waals surface area contributed by atoms with Gasteiger partial charge in [0.25, 0.3) is 0 Å². The zero-order valence-electron chi connectivity index (χ0n) is 14.6. The second-order valence-electron chi connectivity index (χ2n) is 7.12. The first-order chi connectivity index (χ1) is 11.8. The summed E-state index contributed by atoms with van der Waals surface area (Å²) in [6, 6.07) is 4.53. The van der Waals surface area contributed by atoms with Gasteiger partial charge in [0.15, 0.2) is 0 Å². The van der Waals surface area contributed by atoms with E-state index in [0.717, 1.165) is 55.8 Å². The Kier molecular flexibility index (Phi) is 4.46. The monoisotopic (exact) mass is 329 g/mol. The Morgan fingerprint density at radius 3 is 3.04 bits per heavy atom. The van der Waals surface area contributed by atoms with Gasteiger partial charge in [-0.3, -0.25) is 0 Å². The second-order valence-corrected chi connectivity index (χ2v) is 7.12. The fraction of sp³-hybridized carbons (Fsp3) is 0.632. The molecule has 0 radical (unpaired) electrons. The molecule has 2 fully saturated rings. The van der Waals surface area contributed by atoms with Crippen LogP contribution in [0.4, 0.5) is 0 Å². The Labute approximate surface area is 143 Å². The lowest BCUT2D eigenvalue weighted by molar-refractivity contribution is -0.0186. The van der Waals surface area contributed by atoms with E-state index in [0.29, 0.717) is 5.92 Å². The Morgan fingerprint density at radius 2 is 2.25 bits per heavy atom. The largest absolute Gasteiger partial charge is 0.464 e. The summed E-state index contributed by atoms with van der Waals surface area (Å²) in [5, 5.41) is 3.64. The first-order valence-corrected chi connectivity index (χ1v) is 9.21. The number of rotatable bonds is 6. The topological polar surface area (TPSA) is 52.2 Å². The Bertz CT molecular complexity index is 678. The molecule has 130 valence electrons. The van der Waals surface area contributed by atoms with Crippen molar-refractivity contribution in [2.24, 2.45) is 5.92 Å². The molecule has 0 amide bonds.